The van der Waals surface area contributed by atoms with Crippen LogP contribution >= 0.6 is 0 Å². The molecule has 0 bridgehead atoms. The minimum Gasteiger partial charge on any atom is -0.354 e. The summed E-state index contributed by atoms with van der Waals surface area (Å²) in [7, 11) is 2.93. The van der Waals surface area contributed by atoms with Crippen molar-refractivity contribution in [2.75, 3.05) is 20.8 Å². The highest BCUT2D eigenvalue weighted by atomic mass is 16.7. The Bertz CT molecular complexity index is 331. The monoisotopic (exact) mass is 288 g/mol. The van der Waals surface area contributed by atoms with Gasteiger partial charge in [-0.3, -0.25) is 9.59 Å². The molecule has 0 aromatic heterocycles. The standard InChI is InChI=1S/C14H28N2O4/c1-13(2,3)9-14(4,5)16-12(18)11(17)15-8-10(19-6)20-7/h10H,8-9H2,1-7H3,(H,15,17)(H,16,18). The smallest absolute Gasteiger partial charge is 0.309 e. The lowest BCUT2D eigenvalue weighted by Gasteiger charge is -2.33. The molecule has 6 heteroatoms. The number of hydrogen-bond donors (Lipinski definition) is 2. The van der Waals surface area contributed by atoms with Gasteiger partial charge >= 0.3 is 11.8 Å². The Balaban J connectivity index is 4.35. The highest BCUT2D eigenvalue weighted by Gasteiger charge is 2.29. The third-order valence-corrected chi connectivity index (χ3v) is 2.59. The molecule has 0 unspecified atom stereocenters. The number of methoxy groups -OCH3 is 2. The van der Waals surface area contributed by atoms with Crippen molar-refractivity contribution in [3.05, 3.63) is 0 Å². The fourth-order valence-electron chi connectivity index (χ4n) is 2.25. The molecule has 118 valence electrons. The van der Waals surface area contributed by atoms with Gasteiger partial charge in [-0.1, -0.05) is 20.8 Å². The Hall–Kier alpha value is -1.14. The van der Waals surface area contributed by atoms with Gasteiger partial charge in [0.1, 0.15) is 0 Å². The van der Waals surface area contributed by atoms with Gasteiger partial charge in [0.15, 0.2) is 6.29 Å². The first kappa shape index (κ1) is 18.9. The first-order valence-electron chi connectivity index (χ1n) is 6.67. The van der Waals surface area contributed by atoms with Crippen molar-refractivity contribution in [2.24, 2.45) is 5.41 Å². The second-order valence-corrected chi connectivity index (χ2v) is 6.69. The Morgan fingerprint density at radius 2 is 1.50 bits per heavy atom. The number of rotatable bonds is 6. The molecule has 6 nitrogen and oxygen atoms in total. The Morgan fingerprint density at radius 1 is 1.00 bits per heavy atom. The molecule has 0 heterocycles. The highest BCUT2D eigenvalue weighted by Crippen LogP contribution is 2.26. The van der Waals surface area contributed by atoms with E-state index < -0.39 is 23.6 Å². The van der Waals surface area contributed by atoms with E-state index in [2.05, 4.69) is 31.4 Å². The average molecular weight is 288 g/mol. The first-order valence-corrected chi connectivity index (χ1v) is 6.67. The molecule has 2 N–H and O–H groups in total. The van der Waals surface area contributed by atoms with Crippen molar-refractivity contribution in [1.82, 2.24) is 10.6 Å². The molecule has 0 saturated carbocycles. The van der Waals surface area contributed by atoms with Crippen LogP contribution in [0.15, 0.2) is 0 Å². The number of hydrogen-bond acceptors (Lipinski definition) is 4. The van der Waals surface area contributed by atoms with Crippen LogP contribution < -0.4 is 10.6 Å². The lowest BCUT2D eigenvalue weighted by molar-refractivity contribution is -0.142. The molecule has 0 atom stereocenters. The van der Waals surface area contributed by atoms with Gasteiger partial charge in [-0.2, -0.15) is 0 Å². The highest BCUT2D eigenvalue weighted by molar-refractivity contribution is 6.35. The van der Waals surface area contributed by atoms with E-state index in [1.165, 1.54) is 14.2 Å². The lowest BCUT2D eigenvalue weighted by Crippen LogP contribution is -2.52. The minimum absolute atomic E-state index is 0.0600. The van der Waals surface area contributed by atoms with Crippen molar-refractivity contribution in [3.63, 3.8) is 0 Å². The lowest BCUT2D eigenvalue weighted by atomic mass is 9.82. The second-order valence-electron chi connectivity index (χ2n) is 6.69. The van der Waals surface area contributed by atoms with Gasteiger partial charge in [0.2, 0.25) is 0 Å². The summed E-state index contributed by atoms with van der Waals surface area (Å²) in [5.74, 6) is -1.34. The van der Waals surface area contributed by atoms with Crippen LogP contribution in [0.5, 0.6) is 0 Å². The maximum Gasteiger partial charge on any atom is 0.309 e. The van der Waals surface area contributed by atoms with Gasteiger partial charge in [-0.25, -0.2) is 0 Å². The van der Waals surface area contributed by atoms with E-state index in [4.69, 9.17) is 9.47 Å². The molecule has 20 heavy (non-hydrogen) atoms. The minimum atomic E-state index is -0.689. The van der Waals surface area contributed by atoms with Gasteiger partial charge in [-0.15, -0.1) is 0 Å². The van der Waals surface area contributed by atoms with Crippen LogP contribution in [0.25, 0.3) is 0 Å². The van der Waals surface area contributed by atoms with E-state index >= 15 is 0 Å². The van der Waals surface area contributed by atoms with Crippen LogP contribution in [0.4, 0.5) is 0 Å². The zero-order chi connectivity index (χ0) is 16.0. The third-order valence-electron chi connectivity index (χ3n) is 2.59. The number of amides is 2. The quantitative estimate of drug-likeness (QED) is 0.566. The van der Waals surface area contributed by atoms with Crippen LogP contribution in [0, 0.1) is 5.41 Å². The average Bonchev–Trinajstić information content (AvgIpc) is 2.25. The maximum atomic E-state index is 11.8. The van der Waals surface area contributed by atoms with Crippen molar-refractivity contribution in [2.45, 2.75) is 52.9 Å². The van der Waals surface area contributed by atoms with E-state index in [1.54, 1.807) is 0 Å². The fourth-order valence-corrected chi connectivity index (χ4v) is 2.25. The second kappa shape index (κ2) is 7.59. The molecular weight excluding hydrogens is 260 g/mol. The molecule has 0 aliphatic carbocycles. The van der Waals surface area contributed by atoms with Crippen LogP contribution in [0.2, 0.25) is 0 Å². The molecule has 0 radical (unpaired) electrons. The van der Waals surface area contributed by atoms with E-state index in [1.807, 2.05) is 13.8 Å². The normalized spacial score (nSPS) is 12.4. The molecule has 0 aliphatic heterocycles. The molecule has 0 aromatic carbocycles. The summed E-state index contributed by atoms with van der Waals surface area (Å²) in [5, 5.41) is 5.21. The number of nitrogens with one attached hydrogen (secondary N) is 2. The van der Waals surface area contributed by atoms with Gasteiger partial charge in [0.25, 0.3) is 0 Å². The summed E-state index contributed by atoms with van der Waals surface area (Å²) >= 11 is 0. The van der Waals surface area contributed by atoms with Crippen molar-refractivity contribution in [3.8, 4) is 0 Å². The molecule has 0 saturated heterocycles. The molecule has 0 aliphatic rings. The Morgan fingerprint density at radius 3 is 1.90 bits per heavy atom. The molecule has 0 fully saturated rings. The predicted molar refractivity (Wildman–Crippen MR) is 77.1 cm³/mol. The van der Waals surface area contributed by atoms with Crippen LogP contribution in [-0.4, -0.2) is 44.4 Å². The van der Waals surface area contributed by atoms with Crippen LogP contribution in [-0.2, 0) is 19.1 Å². The number of carbonyl (C=O) groups is 2. The molecular formula is C14H28N2O4. The van der Waals surface area contributed by atoms with Gasteiger partial charge in [0.05, 0.1) is 6.54 Å². The fraction of sp³-hybridized carbons (Fsp3) is 0.857. The first-order chi connectivity index (χ1) is 9.00. The van der Waals surface area contributed by atoms with E-state index in [9.17, 15) is 9.59 Å². The van der Waals surface area contributed by atoms with Gasteiger partial charge < -0.3 is 20.1 Å². The summed E-state index contributed by atoms with van der Waals surface area (Å²) < 4.78 is 9.86. The molecule has 0 spiro atoms. The van der Waals surface area contributed by atoms with Gasteiger partial charge in [0, 0.05) is 19.8 Å². The number of ether oxygens (including phenoxy) is 2. The zero-order valence-electron chi connectivity index (χ0n) is 13.6. The largest absolute Gasteiger partial charge is 0.354 e. The molecule has 0 aromatic rings. The maximum absolute atomic E-state index is 11.8. The van der Waals surface area contributed by atoms with Crippen molar-refractivity contribution < 1.29 is 19.1 Å². The molecule has 2 amide bonds. The van der Waals surface area contributed by atoms with Gasteiger partial charge in [-0.05, 0) is 25.7 Å². The third kappa shape index (κ3) is 8.12. The SMILES string of the molecule is COC(CNC(=O)C(=O)NC(C)(C)CC(C)(C)C)OC. The van der Waals surface area contributed by atoms with Crippen LogP contribution in [0.1, 0.15) is 41.0 Å². The van der Waals surface area contributed by atoms with Crippen molar-refractivity contribution in [1.29, 1.82) is 0 Å². The van der Waals surface area contributed by atoms with E-state index in [0.717, 1.165) is 6.42 Å². The predicted octanol–water partition coefficient (Wildman–Crippen LogP) is 1.05. The summed E-state index contributed by atoms with van der Waals surface area (Å²) in [6.07, 6.45) is 0.201. The van der Waals surface area contributed by atoms with Crippen LogP contribution in [0.3, 0.4) is 0 Å². The topological polar surface area (TPSA) is 76.7 Å². The summed E-state index contributed by atoms with van der Waals surface area (Å²) in [4.78, 5) is 23.5. The van der Waals surface area contributed by atoms with E-state index in [-0.39, 0.29) is 12.0 Å². The molecule has 0 rings (SSSR count). The Labute approximate surface area is 121 Å². The van der Waals surface area contributed by atoms with Crippen molar-refractivity contribution >= 4 is 11.8 Å². The summed E-state index contributed by atoms with van der Waals surface area (Å²) in [5.41, 5.74) is -0.390. The summed E-state index contributed by atoms with van der Waals surface area (Å²) in [6, 6.07) is 0. The zero-order valence-corrected chi connectivity index (χ0v) is 13.6. The number of carbonyl (C=O) groups excluding carboxylic acids is 2. The summed E-state index contributed by atoms with van der Waals surface area (Å²) in [6.45, 7) is 10.2. The Kier molecular flexibility index (Phi) is 7.16. The van der Waals surface area contributed by atoms with E-state index in [0.29, 0.717) is 0 Å².